The number of aliphatic hydroxyl groups excluding tert-OH is 1. The summed E-state index contributed by atoms with van der Waals surface area (Å²) in [7, 11) is 0. The molecule has 2 atom stereocenters. The van der Waals surface area contributed by atoms with Gasteiger partial charge in [0.1, 0.15) is 11.5 Å². The summed E-state index contributed by atoms with van der Waals surface area (Å²) in [6.45, 7) is 0.933. The van der Waals surface area contributed by atoms with Gasteiger partial charge in [-0.05, 0) is 36.2 Å². The van der Waals surface area contributed by atoms with Gasteiger partial charge < -0.3 is 20.5 Å². The van der Waals surface area contributed by atoms with Crippen molar-refractivity contribution in [1.29, 1.82) is 0 Å². The first-order valence-electron chi connectivity index (χ1n) is 7.72. The lowest BCUT2D eigenvalue weighted by atomic mass is 10.1. The highest BCUT2D eigenvalue weighted by molar-refractivity contribution is 5.82. The highest BCUT2D eigenvalue weighted by Crippen LogP contribution is 2.21. The highest BCUT2D eigenvalue weighted by Gasteiger charge is 2.27. The van der Waals surface area contributed by atoms with E-state index in [1.165, 1.54) is 0 Å². The number of carbonyl (C=O) groups is 1. The zero-order valence-electron chi connectivity index (χ0n) is 12.7. The normalized spacial score (nSPS) is 20.2. The third-order valence-electron chi connectivity index (χ3n) is 3.79. The fourth-order valence-corrected chi connectivity index (χ4v) is 2.53. The van der Waals surface area contributed by atoms with Gasteiger partial charge in [0, 0.05) is 13.1 Å². The van der Waals surface area contributed by atoms with E-state index in [4.69, 9.17) is 4.74 Å². The molecule has 1 heterocycles. The van der Waals surface area contributed by atoms with E-state index in [9.17, 15) is 9.90 Å². The zero-order chi connectivity index (χ0) is 16.1. The molecule has 1 aliphatic rings. The van der Waals surface area contributed by atoms with E-state index in [-0.39, 0.29) is 11.9 Å². The number of nitrogens with one attached hydrogen (secondary N) is 2. The number of aliphatic hydroxyl groups is 1. The van der Waals surface area contributed by atoms with Crippen LogP contribution in [0.1, 0.15) is 12.0 Å². The van der Waals surface area contributed by atoms with Gasteiger partial charge in [0.05, 0.1) is 12.1 Å². The second-order valence-electron chi connectivity index (χ2n) is 5.63. The molecule has 1 saturated heterocycles. The topological polar surface area (TPSA) is 70.6 Å². The molecule has 0 bridgehead atoms. The predicted octanol–water partition coefficient (Wildman–Crippen LogP) is 1.82. The number of carbonyl (C=O) groups excluding carboxylic acids is 1. The van der Waals surface area contributed by atoms with Crippen LogP contribution in [0.15, 0.2) is 54.6 Å². The number of rotatable bonds is 5. The average Bonchev–Trinajstić information content (AvgIpc) is 3.01. The molecule has 0 saturated carbocycles. The monoisotopic (exact) mass is 312 g/mol. The zero-order valence-corrected chi connectivity index (χ0v) is 12.7. The van der Waals surface area contributed by atoms with Crippen LogP contribution in [0.25, 0.3) is 0 Å². The van der Waals surface area contributed by atoms with E-state index in [2.05, 4.69) is 10.6 Å². The van der Waals surface area contributed by atoms with Crippen LogP contribution in [0, 0.1) is 0 Å². The Morgan fingerprint density at radius 3 is 2.48 bits per heavy atom. The van der Waals surface area contributed by atoms with Gasteiger partial charge >= 0.3 is 0 Å². The standard InChI is InChI=1S/C18H20N2O3/c21-14-10-17(19-12-14)18(22)20-11-13-6-8-16(9-7-13)23-15-4-2-1-3-5-15/h1-9,14,17,19,21H,10-12H2,(H,20,22)/t14-,17+/m1/s1. The minimum atomic E-state index is -0.430. The summed E-state index contributed by atoms with van der Waals surface area (Å²) in [5, 5.41) is 15.3. The first-order chi connectivity index (χ1) is 11.2. The Hall–Kier alpha value is -2.37. The second kappa shape index (κ2) is 7.26. The van der Waals surface area contributed by atoms with E-state index in [1.54, 1.807) is 0 Å². The number of β-amino-alcohol motifs (C(OH)–C–C–N with tert-alkyl or cyclic N) is 1. The Morgan fingerprint density at radius 1 is 1.13 bits per heavy atom. The maximum atomic E-state index is 12.0. The summed E-state index contributed by atoms with van der Waals surface area (Å²) in [4.78, 5) is 12.0. The lowest BCUT2D eigenvalue weighted by molar-refractivity contribution is -0.123. The summed E-state index contributed by atoms with van der Waals surface area (Å²) >= 11 is 0. The molecule has 120 valence electrons. The molecule has 3 rings (SSSR count). The van der Waals surface area contributed by atoms with Gasteiger partial charge in [-0.1, -0.05) is 30.3 Å². The molecule has 2 aromatic rings. The lowest BCUT2D eigenvalue weighted by Gasteiger charge is -2.11. The number of amides is 1. The van der Waals surface area contributed by atoms with Gasteiger partial charge in [0.15, 0.2) is 0 Å². The molecule has 0 radical (unpaired) electrons. The number of benzene rings is 2. The lowest BCUT2D eigenvalue weighted by Crippen LogP contribution is -2.39. The molecule has 2 aromatic carbocycles. The van der Waals surface area contributed by atoms with Crippen LogP contribution in [-0.2, 0) is 11.3 Å². The van der Waals surface area contributed by atoms with Crippen molar-refractivity contribution in [3.8, 4) is 11.5 Å². The largest absolute Gasteiger partial charge is 0.457 e. The Bertz CT molecular complexity index is 643. The van der Waals surface area contributed by atoms with Crippen molar-refractivity contribution in [2.45, 2.75) is 25.1 Å². The smallest absolute Gasteiger partial charge is 0.237 e. The van der Waals surface area contributed by atoms with Crippen LogP contribution in [0.4, 0.5) is 0 Å². The van der Waals surface area contributed by atoms with Gasteiger partial charge in [-0.25, -0.2) is 0 Å². The summed E-state index contributed by atoms with van der Waals surface area (Å²) in [5.41, 5.74) is 0.998. The summed E-state index contributed by atoms with van der Waals surface area (Å²) in [6, 6.07) is 16.9. The molecule has 0 spiro atoms. The van der Waals surface area contributed by atoms with Crippen molar-refractivity contribution < 1.29 is 14.6 Å². The van der Waals surface area contributed by atoms with E-state index in [0.29, 0.717) is 19.5 Å². The Labute approximate surface area is 135 Å². The van der Waals surface area contributed by atoms with E-state index >= 15 is 0 Å². The first kappa shape index (κ1) is 15.5. The molecule has 5 nitrogen and oxygen atoms in total. The summed E-state index contributed by atoms with van der Waals surface area (Å²) in [6.07, 6.45) is 0.0375. The van der Waals surface area contributed by atoms with E-state index in [0.717, 1.165) is 17.1 Å². The quantitative estimate of drug-likeness (QED) is 0.787. The molecular formula is C18H20N2O3. The van der Waals surface area contributed by atoms with Crippen molar-refractivity contribution in [3.63, 3.8) is 0 Å². The van der Waals surface area contributed by atoms with Crippen molar-refractivity contribution in [1.82, 2.24) is 10.6 Å². The molecule has 0 aromatic heterocycles. The maximum Gasteiger partial charge on any atom is 0.237 e. The minimum absolute atomic E-state index is 0.0776. The number of ether oxygens (including phenoxy) is 1. The third kappa shape index (κ3) is 4.31. The van der Waals surface area contributed by atoms with Crippen LogP contribution in [0.3, 0.4) is 0 Å². The molecular weight excluding hydrogens is 292 g/mol. The average molecular weight is 312 g/mol. The second-order valence-corrected chi connectivity index (χ2v) is 5.63. The van der Waals surface area contributed by atoms with Crippen LogP contribution in [0.5, 0.6) is 11.5 Å². The maximum absolute atomic E-state index is 12.0. The van der Waals surface area contributed by atoms with Crippen LogP contribution >= 0.6 is 0 Å². The number of hydrogen-bond donors (Lipinski definition) is 3. The Kier molecular flexibility index (Phi) is 4.90. The van der Waals surface area contributed by atoms with Gasteiger partial charge in [-0.15, -0.1) is 0 Å². The molecule has 1 amide bonds. The van der Waals surface area contributed by atoms with Crippen LogP contribution in [0.2, 0.25) is 0 Å². The predicted molar refractivity (Wildman–Crippen MR) is 87.2 cm³/mol. The molecule has 1 fully saturated rings. The molecule has 3 N–H and O–H groups in total. The minimum Gasteiger partial charge on any atom is -0.457 e. The fourth-order valence-electron chi connectivity index (χ4n) is 2.53. The number of hydrogen-bond acceptors (Lipinski definition) is 4. The fraction of sp³-hybridized carbons (Fsp3) is 0.278. The highest BCUT2D eigenvalue weighted by atomic mass is 16.5. The number of para-hydroxylation sites is 1. The van der Waals surface area contributed by atoms with E-state index in [1.807, 2.05) is 54.6 Å². The molecule has 23 heavy (non-hydrogen) atoms. The van der Waals surface area contributed by atoms with Crippen LogP contribution < -0.4 is 15.4 Å². The molecule has 1 aliphatic heterocycles. The SMILES string of the molecule is O=C(NCc1ccc(Oc2ccccc2)cc1)[C@@H]1C[C@@H](O)CN1. The van der Waals surface area contributed by atoms with Crippen molar-refractivity contribution in [3.05, 3.63) is 60.2 Å². The van der Waals surface area contributed by atoms with Crippen molar-refractivity contribution >= 4 is 5.91 Å². The van der Waals surface area contributed by atoms with Crippen molar-refractivity contribution in [2.24, 2.45) is 0 Å². The molecule has 0 unspecified atom stereocenters. The van der Waals surface area contributed by atoms with Gasteiger partial charge in [0.2, 0.25) is 5.91 Å². The van der Waals surface area contributed by atoms with E-state index < -0.39 is 6.10 Å². The van der Waals surface area contributed by atoms with Gasteiger partial charge in [-0.3, -0.25) is 4.79 Å². The van der Waals surface area contributed by atoms with Crippen LogP contribution in [-0.4, -0.2) is 29.7 Å². The summed E-state index contributed by atoms with van der Waals surface area (Å²) in [5.74, 6) is 1.47. The molecule has 0 aliphatic carbocycles. The summed E-state index contributed by atoms with van der Waals surface area (Å²) < 4.78 is 5.73. The van der Waals surface area contributed by atoms with Gasteiger partial charge in [0.25, 0.3) is 0 Å². The Morgan fingerprint density at radius 2 is 1.83 bits per heavy atom. The third-order valence-corrected chi connectivity index (χ3v) is 3.79. The molecule has 5 heteroatoms. The van der Waals surface area contributed by atoms with Crippen molar-refractivity contribution in [2.75, 3.05) is 6.54 Å². The Balaban J connectivity index is 1.50. The van der Waals surface area contributed by atoms with Gasteiger partial charge in [-0.2, -0.15) is 0 Å². The first-order valence-corrected chi connectivity index (χ1v) is 7.72.